The number of nitrogens with one attached hydrogen (secondary N) is 2. The summed E-state index contributed by atoms with van der Waals surface area (Å²) in [6.45, 7) is 7.90. The van der Waals surface area contributed by atoms with Crippen LogP contribution < -0.4 is 20.1 Å². The van der Waals surface area contributed by atoms with Gasteiger partial charge in [-0.1, -0.05) is 18.5 Å². The van der Waals surface area contributed by atoms with Gasteiger partial charge in [-0.3, -0.25) is 4.79 Å². The van der Waals surface area contributed by atoms with Crippen LogP contribution in [0.3, 0.4) is 0 Å². The molecule has 1 aromatic rings. The van der Waals surface area contributed by atoms with Gasteiger partial charge in [0.1, 0.15) is 0 Å². The van der Waals surface area contributed by atoms with Crippen molar-refractivity contribution in [1.29, 1.82) is 0 Å². The maximum atomic E-state index is 11.9. The molecule has 0 spiro atoms. The Labute approximate surface area is 194 Å². The highest BCUT2D eigenvalue weighted by molar-refractivity contribution is 14.0. The molecule has 1 amide bonds. The number of carbonyl (C=O) groups excluding carboxylic acids is 1. The molecular formula is C20H30ClIN4O3. The summed E-state index contributed by atoms with van der Waals surface area (Å²) >= 11 is 6.37. The summed E-state index contributed by atoms with van der Waals surface area (Å²) in [5, 5.41) is 7.26. The van der Waals surface area contributed by atoms with Gasteiger partial charge in [-0.05, 0) is 31.0 Å². The number of rotatable bonds is 5. The van der Waals surface area contributed by atoms with E-state index in [9.17, 15) is 4.79 Å². The highest BCUT2D eigenvalue weighted by Crippen LogP contribution is 2.38. The largest absolute Gasteiger partial charge is 0.489 e. The molecule has 2 aliphatic rings. The number of benzene rings is 1. The van der Waals surface area contributed by atoms with Crippen molar-refractivity contribution in [2.24, 2.45) is 4.99 Å². The number of halogens is 2. The van der Waals surface area contributed by atoms with E-state index in [2.05, 4.69) is 15.6 Å². The molecule has 0 aromatic heterocycles. The van der Waals surface area contributed by atoms with Crippen LogP contribution in [0, 0.1) is 0 Å². The fourth-order valence-electron chi connectivity index (χ4n) is 3.39. The molecule has 0 bridgehead atoms. The fourth-order valence-corrected chi connectivity index (χ4v) is 3.68. The summed E-state index contributed by atoms with van der Waals surface area (Å²) in [5.41, 5.74) is 0.959. The number of carbonyl (C=O) groups is 1. The van der Waals surface area contributed by atoms with Crippen LogP contribution >= 0.6 is 35.6 Å². The molecule has 2 N–H and O–H groups in total. The first-order valence-corrected chi connectivity index (χ1v) is 10.4. The van der Waals surface area contributed by atoms with E-state index in [1.54, 1.807) is 0 Å². The Balaban J connectivity index is 0.00000300. The van der Waals surface area contributed by atoms with Crippen molar-refractivity contribution in [3.8, 4) is 11.5 Å². The molecule has 3 rings (SSSR count). The van der Waals surface area contributed by atoms with E-state index >= 15 is 0 Å². The minimum absolute atomic E-state index is 0. The third-order valence-electron chi connectivity index (χ3n) is 4.81. The average molecular weight is 537 g/mol. The first kappa shape index (κ1) is 23.9. The molecular weight excluding hydrogens is 507 g/mol. The van der Waals surface area contributed by atoms with Crippen LogP contribution in [-0.2, 0) is 11.3 Å². The second-order valence-electron chi connectivity index (χ2n) is 6.97. The number of hydrogen-bond acceptors (Lipinski definition) is 4. The van der Waals surface area contributed by atoms with Crippen molar-refractivity contribution in [3.63, 3.8) is 0 Å². The number of amides is 1. The smallest absolute Gasteiger partial charge is 0.222 e. The van der Waals surface area contributed by atoms with E-state index < -0.39 is 0 Å². The molecule has 1 unspecified atom stereocenters. The van der Waals surface area contributed by atoms with Gasteiger partial charge in [-0.25, -0.2) is 4.99 Å². The molecule has 2 heterocycles. The Kier molecular flexibility index (Phi) is 9.61. The van der Waals surface area contributed by atoms with E-state index in [0.717, 1.165) is 37.5 Å². The Morgan fingerprint density at radius 3 is 2.86 bits per heavy atom. The van der Waals surface area contributed by atoms with E-state index in [-0.39, 0.29) is 35.9 Å². The maximum Gasteiger partial charge on any atom is 0.222 e. The maximum absolute atomic E-state index is 11.9. The molecule has 29 heavy (non-hydrogen) atoms. The number of likely N-dealkylation sites (tertiary alicyclic amines) is 1. The molecule has 0 aliphatic carbocycles. The van der Waals surface area contributed by atoms with Gasteiger partial charge in [-0.2, -0.15) is 0 Å². The van der Waals surface area contributed by atoms with Crippen molar-refractivity contribution in [2.75, 3.05) is 32.8 Å². The third kappa shape index (κ3) is 6.53. The summed E-state index contributed by atoms with van der Waals surface area (Å²) in [6, 6.07) is 4.02. The number of hydrogen-bond donors (Lipinski definition) is 2. The molecule has 9 heteroatoms. The number of aliphatic imine (C=N–C) groups is 1. The van der Waals surface area contributed by atoms with Crippen molar-refractivity contribution >= 4 is 47.4 Å². The zero-order valence-electron chi connectivity index (χ0n) is 17.0. The van der Waals surface area contributed by atoms with E-state index in [0.29, 0.717) is 49.2 Å². The van der Waals surface area contributed by atoms with Gasteiger partial charge in [0.05, 0.1) is 24.8 Å². The Morgan fingerprint density at radius 1 is 1.31 bits per heavy atom. The predicted octanol–water partition coefficient (Wildman–Crippen LogP) is 3.19. The second kappa shape index (κ2) is 11.7. The Morgan fingerprint density at radius 2 is 2.10 bits per heavy atom. The second-order valence-corrected chi connectivity index (χ2v) is 7.38. The first-order valence-electron chi connectivity index (χ1n) is 10.0. The van der Waals surface area contributed by atoms with Crippen LogP contribution in [-0.4, -0.2) is 55.7 Å². The summed E-state index contributed by atoms with van der Waals surface area (Å²) in [6.07, 6.45) is 2.31. The van der Waals surface area contributed by atoms with Crippen molar-refractivity contribution < 1.29 is 14.3 Å². The summed E-state index contributed by atoms with van der Waals surface area (Å²) in [7, 11) is 0. The first-order chi connectivity index (χ1) is 13.6. The van der Waals surface area contributed by atoms with Crippen molar-refractivity contribution in [2.45, 2.75) is 45.7 Å². The van der Waals surface area contributed by atoms with Crippen molar-refractivity contribution in [3.05, 3.63) is 22.7 Å². The van der Waals surface area contributed by atoms with E-state index in [1.807, 2.05) is 30.9 Å². The van der Waals surface area contributed by atoms with Gasteiger partial charge in [0.15, 0.2) is 17.5 Å². The summed E-state index contributed by atoms with van der Waals surface area (Å²) in [5.74, 6) is 2.23. The molecule has 1 atom stereocenters. The standard InChI is InChI=1S/C20H29ClN4O3.HI/c1-3-18(26)25-7-6-15(13-25)24-20(22-4-2)23-12-14-10-16(21)19-17(11-14)27-8-5-9-28-19;/h10-11,15H,3-9,12-13H2,1-2H3,(H2,22,23,24);1H. The number of nitrogens with zero attached hydrogens (tertiary/aromatic N) is 2. The van der Waals surface area contributed by atoms with Crippen LogP contribution in [0.25, 0.3) is 0 Å². The van der Waals surface area contributed by atoms with Gasteiger partial charge in [-0.15, -0.1) is 24.0 Å². The predicted molar refractivity (Wildman–Crippen MR) is 126 cm³/mol. The summed E-state index contributed by atoms with van der Waals surface area (Å²) < 4.78 is 11.4. The topological polar surface area (TPSA) is 75.2 Å². The van der Waals surface area contributed by atoms with Crippen LogP contribution in [0.5, 0.6) is 11.5 Å². The number of guanidine groups is 1. The lowest BCUT2D eigenvalue weighted by molar-refractivity contribution is -0.129. The molecule has 7 nitrogen and oxygen atoms in total. The molecule has 0 saturated carbocycles. The molecule has 0 radical (unpaired) electrons. The monoisotopic (exact) mass is 536 g/mol. The van der Waals surface area contributed by atoms with Crippen LogP contribution in [0.15, 0.2) is 17.1 Å². The quantitative estimate of drug-likeness (QED) is 0.344. The zero-order chi connectivity index (χ0) is 19.9. The zero-order valence-corrected chi connectivity index (χ0v) is 20.1. The molecule has 1 fully saturated rings. The SMILES string of the molecule is CCNC(=NCc1cc(Cl)c2c(c1)OCCCO2)NC1CCN(C(=O)CC)C1.I. The van der Waals surface area contributed by atoms with Gasteiger partial charge in [0, 0.05) is 38.5 Å². The Hall–Kier alpha value is -1.42. The van der Waals surface area contributed by atoms with Crippen LogP contribution in [0.4, 0.5) is 0 Å². The van der Waals surface area contributed by atoms with Gasteiger partial charge in [0.2, 0.25) is 5.91 Å². The minimum atomic E-state index is 0. The lowest BCUT2D eigenvalue weighted by Gasteiger charge is -2.18. The van der Waals surface area contributed by atoms with Gasteiger partial charge < -0.3 is 25.0 Å². The lowest BCUT2D eigenvalue weighted by atomic mass is 10.2. The highest BCUT2D eigenvalue weighted by Gasteiger charge is 2.25. The number of fused-ring (bicyclic) bond motifs is 1. The van der Waals surface area contributed by atoms with E-state index in [1.165, 1.54) is 0 Å². The molecule has 1 saturated heterocycles. The summed E-state index contributed by atoms with van der Waals surface area (Å²) in [4.78, 5) is 18.5. The van der Waals surface area contributed by atoms with Crippen LogP contribution in [0.2, 0.25) is 5.02 Å². The van der Waals surface area contributed by atoms with Crippen LogP contribution in [0.1, 0.15) is 38.7 Å². The van der Waals surface area contributed by atoms with Gasteiger partial charge >= 0.3 is 0 Å². The highest BCUT2D eigenvalue weighted by atomic mass is 127. The Bertz CT molecular complexity index is 732. The minimum Gasteiger partial charge on any atom is -0.489 e. The molecule has 162 valence electrons. The number of ether oxygens (including phenoxy) is 2. The third-order valence-corrected chi connectivity index (χ3v) is 5.09. The lowest BCUT2D eigenvalue weighted by Crippen LogP contribution is -2.45. The molecule has 1 aromatic carbocycles. The van der Waals surface area contributed by atoms with Crippen molar-refractivity contribution in [1.82, 2.24) is 15.5 Å². The molecule has 2 aliphatic heterocycles. The fraction of sp³-hybridized carbons (Fsp3) is 0.600. The normalized spacial score (nSPS) is 18.7. The van der Waals surface area contributed by atoms with E-state index in [4.69, 9.17) is 21.1 Å². The van der Waals surface area contributed by atoms with Gasteiger partial charge in [0.25, 0.3) is 0 Å². The average Bonchev–Trinajstić information content (AvgIpc) is 3.02.